The van der Waals surface area contributed by atoms with Gasteiger partial charge in [0.05, 0.1) is 9.13 Å². The Bertz CT molecular complexity index is 475. The first kappa shape index (κ1) is 9.39. The number of phenols is 1. The van der Waals surface area contributed by atoms with Gasteiger partial charge in [-0.15, -0.1) is 0 Å². The SMILES string of the molecule is O=C1C=CC(=O)c2c1ccc(I)c2O. The van der Waals surface area contributed by atoms with Crippen LogP contribution in [0.5, 0.6) is 5.75 Å². The monoisotopic (exact) mass is 300 g/mol. The number of fused-ring (bicyclic) bond motifs is 1. The third-order valence-electron chi connectivity index (χ3n) is 2.03. The molecular weight excluding hydrogens is 295 g/mol. The summed E-state index contributed by atoms with van der Waals surface area (Å²) in [6.45, 7) is 0. The number of carbonyl (C=O) groups is 2. The molecule has 0 amide bonds. The van der Waals surface area contributed by atoms with E-state index < -0.39 is 0 Å². The van der Waals surface area contributed by atoms with Crippen LogP contribution in [0.15, 0.2) is 24.3 Å². The fourth-order valence-electron chi connectivity index (χ4n) is 1.34. The Morgan fingerprint density at radius 1 is 1.07 bits per heavy atom. The predicted octanol–water partition coefficient (Wildman–Crippen LogP) is 1.93. The first-order chi connectivity index (χ1) is 6.61. The maximum absolute atomic E-state index is 11.4. The molecule has 0 fully saturated rings. The zero-order valence-electron chi connectivity index (χ0n) is 6.95. The molecule has 0 aliphatic heterocycles. The molecule has 1 N–H and O–H groups in total. The topological polar surface area (TPSA) is 54.4 Å². The van der Waals surface area contributed by atoms with Crippen LogP contribution in [0.2, 0.25) is 0 Å². The fourth-order valence-corrected chi connectivity index (χ4v) is 1.79. The van der Waals surface area contributed by atoms with E-state index >= 15 is 0 Å². The average Bonchev–Trinajstić information content (AvgIpc) is 2.16. The second-order valence-corrected chi connectivity index (χ2v) is 4.04. The van der Waals surface area contributed by atoms with Gasteiger partial charge in [0.1, 0.15) is 5.75 Å². The molecule has 0 bridgehead atoms. The molecule has 0 heterocycles. The fraction of sp³-hybridized carbons (Fsp3) is 0. The Balaban J connectivity index is 2.79. The van der Waals surface area contributed by atoms with Gasteiger partial charge in [-0.05, 0) is 46.9 Å². The van der Waals surface area contributed by atoms with E-state index in [0.717, 1.165) is 0 Å². The summed E-state index contributed by atoms with van der Waals surface area (Å²) in [5.41, 5.74) is 0.389. The zero-order chi connectivity index (χ0) is 10.3. The molecule has 0 unspecified atom stereocenters. The zero-order valence-corrected chi connectivity index (χ0v) is 9.11. The van der Waals surface area contributed by atoms with Crippen molar-refractivity contribution >= 4 is 34.2 Å². The molecule has 1 aliphatic carbocycles. The number of phenolic OH excluding ortho intramolecular Hbond substituents is 1. The van der Waals surface area contributed by atoms with Gasteiger partial charge in [-0.1, -0.05) is 0 Å². The molecule has 0 saturated heterocycles. The molecule has 0 aromatic heterocycles. The van der Waals surface area contributed by atoms with Crippen LogP contribution in [0, 0.1) is 3.57 Å². The number of hydrogen-bond acceptors (Lipinski definition) is 3. The molecule has 1 aliphatic rings. The van der Waals surface area contributed by atoms with Crippen LogP contribution in [0.3, 0.4) is 0 Å². The third-order valence-corrected chi connectivity index (χ3v) is 2.90. The van der Waals surface area contributed by atoms with Crippen molar-refractivity contribution in [1.82, 2.24) is 0 Å². The van der Waals surface area contributed by atoms with Crippen LogP contribution >= 0.6 is 22.6 Å². The van der Waals surface area contributed by atoms with Crippen LogP contribution in [-0.4, -0.2) is 16.7 Å². The van der Waals surface area contributed by atoms with Crippen molar-refractivity contribution in [1.29, 1.82) is 0 Å². The van der Waals surface area contributed by atoms with Gasteiger partial charge < -0.3 is 5.11 Å². The number of ketones is 2. The Morgan fingerprint density at radius 2 is 1.71 bits per heavy atom. The van der Waals surface area contributed by atoms with Gasteiger partial charge >= 0.3 is 0 Å². The van der Waals surface area contributed by atoms with Gasteiger partial charge in [0.25, 0.3) is 0 Å². The number of allylic oxidation sites excluding steroid dienone is 2. The lowest BCUT2D eigenvalue weighted by atomic mass is 9.94. The Kier molecular flexibility index (Phi) is 2.14. The highest BCUT2D eigenvalue weighted by Crippen LogP contribution is 2.30. The molecule has 0 radical (unpaired) electrons. The molecule has 4 heteroatoms. The summed E-state index contributed by atoms with van der Waals surface area (Å²) in [7, 11) is 0. The maximum Gasteiger partial charge on any atom is 0.190 e. The predicted molar refractivity (Wildman–Crippen MR) is 58.6 cm³/mol. The van der Waals surface area contributed by atoms with E-state index in [9.17, 15) is 14.7 Å². The van der Waals surface area contributed by atoms with Crippen LogP contribution in [0.1, 0.15) is 20.7 Å². The number of rotatable bonds is 0. The second-order valence-electron chi connectivity index (χ2n) is 2.88. The van der Waals surface area contributed by atoms with Crippen LogP contribution in [0.25, 0.3) is 0 Å². The number of carbonyl (C=O) groups excluding carboxylic acids is 2. The van der Waals surface area contributed by atoms with Crippen molar-refractivity contribution in [3.63, 3.8) is 0 Å². The third kappa shape index (κ3) is 1.26. The molecule has 0 saturated carbocycles. The van der Waals surface area contributed by atoms with E-state index in [0.29, 0.717) is 3.57 Å². The highest BCUT2D eigenvalue weighted by molar-refractivity contribution is 14.1. The smallest absolute Gasteiger partial charge is 0.190 e. The van der Waals surface area contributed by atoms with E-state index in [4.69, 9.17) is 0 Å². The molecular formula is C10H5IO3. The minimum atomic E-state index is -0.324. The van der Waals surface area contributed by atoms with Gasteiger partial charge in [0.15, 0.2) is 11.6 Å². The van der Waals surface area contributed by atoms with E-state index in [-0.39, 0.29) is 28.4 Å². The van der Waals surface area contributed by atoms with Crippen LogP contribution in [0.4, 0.5) is 0 Å². The van der Waals surface area contributed by atoms with Crippen molar-refractivity contribution in [3.05, 3.63) is 39.0 Å². The summed E-state index contributed by atoms with van der Waals surface area (Å²) in [6.07, 6.45) is 2.40. The van der Waals surface area contributed by atoms with E-state index in [1.54, 1.807) is 12.1 Å². The normalized spacial score (nSPS) is 14.4. The largest absolute Gasteiger partial charge is 0.506 e. The number of benzene rings is 1. The highest BCUT2D eigenvalue weighted by atomic mass is 127. The van der Waals surface area contributed by atoms with Gasteiger partial charge in [0, 0.05) is 5.56 Å². The molecule has 70 valence electrons. The van der Waals surface area contributed by atoms with E-state index in [1.807, 2.05) is 22.6 Å². The molecule has 1 aromatic rings. The summed E-state index contributed by atoms with van der Waals surface area (Å²) in [5, 5.41) is 9.62. The Labute approximate surface area is 93.6 Å². The van der Waals surface area contributed by atoms with Crippen molar-refractivity contribution in [3.8, 4) is 5.75 Å². The molecule has 14 heavy (non-hydrogen) atoms. The summed E-state index contributed by atoms with van der Waals surface area (Å²) >= 11 is 1.91. The number of aromatic hydroxyl groups is 1. The number of halogens is 1. The van der Waals surface area contributed by atoms with Crippen molar-refractivity contribution < 1.29 is 14.7 Å². The molecule has 0 spiro atoms. The molecule has 1 aromatic carbocycles. The maximum atomic E-state index is 11.4. The van der Waals surface area contributed by atoms with Gasteiger partial charge in [-0.2, -0.15) is 0 Å². The van der Waals surface area contributed by atoms with Gasteiger partial charge in [-0.3, -0.25) is 9.59 Å². The lowest BCUT2D eigenvalue weighted by Crippen LogP contribution is -2.12. The quantitative estimate of drug-likeness (QED) is 0.745. The van der Waals surface area contributed by atoms with Crippen molar-refractivity contribution in [2.24, 2.45) is 0 Å². The minimum Gasteiger partial charge on any atom is -0.506 e. The lowest BCUT2D eigenvalue weighted by molar-refractivity contribution is 0.0991. The molecule has 3 nitrogen and oxygen atoms in total. The molecule has 0 atom stereocenters. The lowest BCUT2D eigenvalue weighted by Gasteiger charge is -2.11. The van der Waals surface area contributed by atoms with Crippen LogP contribution in [-0.2, 0) is 0 Å². The standard InChI is InChI=1S/C10H5IO3/c11-6-2-1-5-7(12)3-4-8(13)9(5)10(6)14/h1-4,14H. The minimum absolute atomic E-state index is 0.106. The summed E-state index contributed by atoms with van der Waals surface area (Å²) in [5.74, 6) is -0.673. The first-order valence-electron chi connectivity index (χ1n) is 3.89. The Hall–Kier alpha value is -1.17. The summed E-state index contributed by atoms with van der Waals surface area (Å²) < 4.78 is 0.567. The second kappa shape index (κ2) is 3.20. The van der Waals surface area contributed by atoms with Gasteiger partial charge in [0.2, 0.25) is 0 Å². The van der Waals surface area contributed by atoms with E-state index in [1.165, 1.54) is 12.2 Å². The number of hydrogen-bond donors (Lipinski definition) is 1. The highest BCUT2D eigenvalue weighted by Gasteiger charge is 2.23. The van der Waals surface area contributed by atoms with Crippen molar-refractivity contribution in [2.75, 3.05) is 0 Å². The summed E-state index contributed by atoms with van der Waals surface area (Å²) in [4.78, 5) is 22.7. The summed E-state index contributed by atoms with van der Waals surface area (Å²) in [6, 6.07) is 3.17. The van der Waals surface area contributed by atoms with Crippen molar-refractivity contribution in [2.45, 2.75) is 0 Å². The average molecular weight is 300 g/mol. The van der Waals surface area contributed by atoms with E-state index in [2.05, 4.69) is 0 Å². The van der Waals surface area contributed by atoms with Gasteiger partial charge in [-0.25, -0.2) is 0 Å². The first-order valence-corrected chi connectivity index (χ1v) is 4.97. The molecule has 2 rings (SSSR count). The Morgan fingerprint density at radius 3 is 2.43 bits per heavy atom. The van der Waals surface area contributed by atoms with Crippen LogP contribution < -0.4 is 0 Å².